The standard InChI is InChI=1S/C12H10O3/c13-11-7-3-1-2-4-8(7)12(14)10-6-15-5-9(10)11/h1-2H,3-6H2. The van der Waals surface area contributed by atoms with Gasteiger partial charge in [0.15, 0.2) is 11.6 Å². The first kappa shape index (κ1) is 8.80. The van der Waals surface area contributed by atoms with E-state index in [0.29, 0.717) is 48.3 Å². The normalized spacial score (nSPS) is 24.8. The van der Waals surface area contributed by atoms with Crippen LogP contribution >= 0.6 is 0 Å². The molecule has 0 aromatic heterocycles. The molecule has 3 aliphatic rings. The molecule has 0 fully saturated rings. The fraction of sp³-hybridized carbons (Fsp3) is 0.333. The maximum absolute atomic E-state index is 12.0. The highest BCUT2D eigenvalue weighted by Crippen LogP contribution is 2.34. The third kappa shape index (κ3) is 1.10. The summed E-state index contributed by atoms with van der Waals surface area (Å²) < 4.78 is 5.18. The Morgan fingerprint density at radius 1 is 0.800 bits per heavy atom. The van der Waals surface area contributed by atoms with Gasteiger partial charge in [0, 0.05) is 22.3 Å². The Kier molecular flexibility index (Phi) is 1.76. The summed E-state index contributed by atoms with van der Waals surface area (Å²) in [4.78, 5) is 24.0. The second-order valence-electron chi connectivity index (χ2n) is 3.94. The molecule has 3 heteroatoms. The Balaban J connectivity index is 2.11. The second kappa shape index (κ2) is 3.00. The highest BCUT2D eigenvalue weighted by Gasteiger charge is 2.36. The van der Waals surface area contributed by atoms with E-state index in [1.807, 2.05) is 12.2 Å². The molecule has 0 amide bonds. The fourth-order valence-electron chi connectivity index (χ4n) is 2.31. The van der Waals surface area contributed by atoms with E-state index in [0.717, 1.165) is 0 Å². The Hall–Kier alpha value is -1.48. The van der Waals surface area contributed by atoms with E-state index < -0.39 is 0 Å². The number of ether oxygens (including phenoxy) is 1. The van der Waals surface area contributed by atoms with Gasteiger partial charge in [-0.15, -0.1) is 0 Å². The monoisotopic (exact) mass is 202 g/mol. The van der Waals surface area contributed by atoms with Crippen LogP contribution in [0, 0.1) is 0 Å². The average Bonchev–Trinajstić information content (AvgIpc) is 2.75. The van der Waals surface area contributed by atoms with E-state index in [9.17, 15) is 9.59 Å². The molecule has 0 bridgehead atoms. The summed E-state index contributed by atoms with van der Waals surface area (Å²) in [5.74, 6) is 0.0582. The zero-order valence-corrected chi connectivity index (χ0v) is 8.21. The van der Waals surface area contributed by atoms with Crippen molar-refractivity contribution in [1.82, 2.24) is 0 Å². The predicted molar refractivity (Wildman–Crippen MR) is 53.3 cm³/mol. The minimum Gasteiger partial charge on any atom is -0.372 e. The van der Waals surface area contributed by atoms with Crippen molar-refractivity contribution in [2.24, 2.45) is 0 Å². The molecule has 0 aromatic carbocycles. The van der Waals surface area contributed by atoms with Crippen molar-refractivity contribution in [3.8, 4) is 0 Å². The smallest absolute Gasteiger partial charge is 0.188 e. The molecule has 0 saturated heterocycles. The van der Waals surface area contributed by atoms with Crippen LogP contribution in [0.1, 0.15) is 12.8 Å². The highest BCUT2D eigenvalue weighted by molar-refractivity contribution is 6.26. The number of allylic oxidation sites excluding steroid dienone is 4. The third-order valence-corrected chi connectivity index (χ3v) is 3.13. The summed E-state index contributed by atoms with van der Waals surface area (Å²) in [5, 5.41) is 0. The van der Waals surface area contributed by atoms with Crippen LogP contribution in [0.3, 0.4) is 0 Å². The summed E-state index contributed by atoms with van der Waals surface area (Å²) in [6, 6.07) is 0. The lowest BCUT2D eigenvalue weighted by atomic mass is 9.80. The van der Waals surface area contributed by atoms with Crippen LogP contribution in [0.5, 0.6) is 0 Å². The minimum atomic E-state index is 0.0291. The van der Waals surface area contributed by atoms with Gasteiger partial charge in [0.05, 0.1) is 13.2 Å². The summed E-state index contributed by atoms with van der Waals surface area (Å²) >= 11 is 0. The quantitative estimate of drug-likeness (QED) is 0.436. The van der Waals surface area contributed by atoms with Crippen LogP contribution in [0.25, 0.3) is 0 Å². The largest absolute Gasteiger partial charge is 0.372 e. The Bertz CT molecular complexity index is 423. The Labute approximate surface area is 87.1 Å². The zero-order chi connectivity index (χ0) is 10.4. The second-order valence-corrected chi connectivity index (χ2v) is 3.94. The summed E-state index contributed by atoms with van der Waals surface area (Å²) in [6.07, 6.45) is 5.09. The molecule has 76 valence electrons. The molecule has 0 atom stereocenters. The number of Topliss-reactive ketones (excluding diaryl/α,β-unsaturated/α-hetero) is 2. The molecule has 0 unspecified atom stereocenters. The summed E-state index contributed by atoms with van der Waals surface area (Å²) in [5.41, 5.74) is 2.56. The topological polar surface area (TPSA) is 43.4 Å². The first-order valence-electron chi connectivity index (χ1n) is 5.05. The SMILES string of the molecule is O=C1C2=C(CC=CC2)C(=O)C2=C1COC2. The van der Waals surface area contributed by atoms with Gasteiger partial charge in [-0.3, -0.25) is 9.59 Å². The molecule has 1 heterocycles. The molecule has 0 radical (unpaired) electrons. The molecule has 1 aliphatic heterocycles. The van der Waals surface area contributed by atoms with Crippen LogP contribution < -0.4 is 0 Å². The van der Waals surface area contributed by atoms with Crippen LogP contribution in [0.15, 0.2) is 34.4 Å². The van der Waals surface area contributed by atoms with E-state index in [1.54, 1.807) is 0 Å². The maximum atomic E-state index is 12.0. The van der Waals surface area contributed by atoms with E-state index in [4.69, 9.17) is 4.74 Å². The van der Waals surface area contributed by atoms with Gasteiger partial charge in [-0.2, -0.15) is 0 Å². The molecular formula is C12H10O3. The zero-order valence-electron chi connectivity index (χ0n) is 8.21. The molecule has 0 aromatic rings. The summed E-state index contributed by atoms with van der Waals surface area (Å²) in [6.45, 7) is 0.612. The van der Waals surface area contributed by atoms with E-state index in [2.05, 4.69) is 0 Å². The van der Waals surface area contributed by atoms with Gasteiger partial charge in [-0.05, 0) is 12.8 Å². The number of hydrogen-bond donors (Lipinski definition) is 0. The molecule has 0 N–H and O–H groups in total. The third-order valence-electron chi connectivity index (χ3n) is 3.13. The van der Waals surface area contributed by atoms with Crippen LogP contribution in [-0.4, -0.2) is 24.8 Å². The van der Waals surface area contributed by atoms with Gasteiger partial charge in [0.2, 0.25) is 0 Å². The van der Waals surface area contributed by atoms with Crippen molar-refractivity contribution in [2.45, 2.75) is 12.8 Å². The number of ketones is 2. The molecule has 3 rings (SSSR count). The highest BCUT2D eigenvalue weighted by atomic mass is 16.5. The molecular weight excluding hydrogens is 192 g/mol. The Morgan fingerprint density at radius 3 is 1.73 bits per heavy atom. The first-order valence-corrected chi connectivity index (χ1v) is 5.05. The number of hydrogen-bond acceptors (Lipinski definition) is 3. The number of rotatable bonds is 0. The molecule has 15 heavy (non-hydrogen) atoms. The van der Waals surface area contributed by atoms with Crippen molar-refractivity contribution in [2.75, 3.05) is 13.2 Å². The van der Waals surface area contributed by atoms with E-state index >= 15 is 0 Å². The lowest BCUT2D eigenvalue weighted by Crippen LogP contribution is -2.24. The summed E-state index contributed by atoms with van der Waals surface area (Å²) in [7, 11) is 0. The lowest BCUT2D eigenvalue weighted by molar-refractivity contribution is -0.116. The van der Waals surface area contributed by atoms with Gasteiger partial charge >= 0.3 is 0 Å². The fourth-order valence-corrected chi connectivity index (χ4v) is 2.31. The maximum Gasteiger partial charge on any atom is 0.188 e. The Morgan fingerprint density at radius 2 is 1.27 bits per heavy atom. The van der Waals surface area contributed by atoms with Gasteiger partial charge < -0.3 is 4.74 Å². The number of carbonyl (C=O) groups excluding carboxylic acids is 2. The van der Waals surface area contributed by atoms with E-state index in [-0.39, 0.29) is 11.6 Å². The molecule has 3 nitrogen and oxygen atoms in total. The average molecular weight is 202 g/mol. The predicted octanol–water partition coefficient (Wildman–Crippen LogP) is 1.11. The van der Waals surface area contributed by atoms with Crippen molar-refractivity contribution >= 4 is 11.6 Å². The van der Waals surface area contributed by atoms with Gasteiger partial charge in [-0.25, -0.2) is 0 Å². The van der Waals surface area contributed by atoms with Gasteiger partial charge in [0.1, 0.15) is 0 Å². The van der Waals surface area contributed by atoms with Crippen LogP contribution in [0.2, 0.25) is 0 Å². The van der Waals surface area contributed by atoms with Crippen molar-refractivity contribution < 1.29 is 14.3 Å². The van der Waals surface area contributed by atoms with Gasteiger partial charge in [0.25, 0.3) is 0 Å². The molecule has 2 aliphatic carbocycles. The van der Waals surface area contributed by atoms with Crippen molar-refractivity contribution in [1.29, 1.82) is 0 Å². The van der Waals surface area contributed by atoms with Crippen LogP contribution in [0.4, 0.5) is 0 Å². The molecule has 0 spiro atoms. The van der Waals surface area contributed by atoms with E-state index in [1.165, 1.54) is 0 Å². The van der Waals surface area contributed by atoms with Gasteiger partial charge in [-0.1, -0.05) is 12.2 Å². The first-order chi connectivity index (χ1) is 7.29. The minimum absolute atomic E-state index is 0.0291. The van der Waals surface area contributed by atoms with Crippen molar-refractivity contribution in [3.05, 3.63) is 34.4 Å². The number of carbonyl (C=O) groups is 2. The molecule has 0 saturated carbocycles. The lowest BCUT2D eigenvalue weighted by Gasteiger charge is -2.20. The van der Waals surface area contributed by atoms with Crippen LogP contribution in [-0.2, 0) is 14.3 Å². The van der Waals surface area contributed by atoms with Crippen molar-refractivity contribution in [3.63, 3.8) is 0 Å².